The Balaban J connectivity index is 1.43. The zero-order valence-corrected chi connectivity index (χ0v) is 16.4. The monoisotopic (exact) mass is 414 g/mol. The first-order valence-electron chi connectivity index (χ1n) is 9.57. The van der Waals surface area contributed by atoms with Crippen molar-refractivity contribution < 1.29 is 18.0 Å². The maximum Gasteiger partial charge on any atom is 0.416 e. The molecule has 0 bridgehead atoms. The fourth-order valence-corrected chi connectivity index (χ4v) is 3.59. The molecule has 4 rings (SSSR count). The van der Waals surface area contributed by atoms with Crippen molar-refractivity contribution in [2.45, 2.75) is 25.7 Å². The number of likely N-dealkylation sites (N-methyl/N-ethyl adjacent to an activating group) is 1. The topological polar surface area (TPSA) is 50.2 Å². The molecule has 1 amide bonds. The van der Waals surface area contributed by atoms with Gasteiger partial charge in [0.15, 0.2) is 5.82 Å². The van der Waals surface area contributed by atoms with E-state index in [0.717, 1.165) is 31.6 Å². The number of amides is 1. The summed E-state index contributed by atoms with van der Waals surface area (Å²) in [5, 5.41) is 2.75. The van der Waals surface area contributed by atoms with E-state index in [4.69, 9.17) is 0 Å². The maximum atomic E-state index is 12.9. The van der Waals surface area contributed by atoms with Gasteiger partial charge in [0.05, 0.1) is 11.9 Å². The predicted octanol–water partition coefficient (Wildman–Crippen LogP) is 4.19. The van der Waals surface area contributed by atoms with Crippen molar-refractivity contribution in [1.29, 1.82) is 0 Å². The van der Waals surface area contributed by atoms with Crippen LogP contribution < -0.4 is 5.32 Å². The van der Waals surface area contributed by atoms with Crippen molar-refractivity contribution in [2.75, 3.05) is 18.9 Å². The summed E-state index contributed by atoms with van der Waals surface area (Å²) in [6.07, 6.45) is -0.392. The van der Waals surface area contributed by atoms with Crippen LogP contribution in [0.3, 0.4) is 0 Å². The van der Waals surface area contributed by atoms with Crippen LogP contribution in [0.25, 0.3) is 0 Å². The number of aromatic nitrogens is 2. The molecule has 1 aromatic heterocycles. The number of carbonyl (C=O) groups is 1. The van der Waals surface area contributed by atoms with Gasteiger partial charge in [0.1, 0.15) is 0 Å². The van der Waals surface area contributed by atoms with E-state index in [1.165, 1.54) is 23.5 Å². The average molecular weight is 414 g/mol. The maximum absolute atomic E-state index is 12.9. The Kier molecular flexibility index (Phi) is 5.34. The van der Waals surface area contributed by atoms with Gasteiger partial charge in [-0.2, -0.15) is 13.2 Å². The molecule has 156 valence electrons. The minimum absolute atomic E-state index is 0.221. The van der Waals surface area contributed by atoms with Crippen molar-refractivity contribution >= 4 is 11.7 Å². The second-order valence-corrected chi connectivity index (χ2v) is 7.55. The van der Waals surface area contributed by atoms with Gasteiger partial charge < -0.3 is 14.8 Å². The summed E-state index contributed by atoms with van der Waals surface area (Å²) in [6.45, 7) is 2.05. The molecule has 0 atom stereocenters. The van der Waals surface area contributed by atoms with Crippen molar-refractivity contribution in [3.63, 3.8) is 0 Å². The molecule has 2 aromatic carbocycles. The van der Waals surface area contributed by atoms with Gasteiger partial charge in [0, 0.05) is 31.4 Å². The summed E-state index contributed by atoms with van der Waals surface area (Å²) < 4.78 is 40.2. The summed E-state index contributed by atoms with van der Waals surface area (Å²) in [5.41, 5.74) is 2.78. The van der Waals surface area contributed by atoms with E-state index in [1.807, 2.05) is 12.1 Å². The number of hydrogen-bond acceptors (Lipinski definition) is 3. The van der Waals surface area contributed by atoms with E-state index in [-0.39, 0.29) is 12.5 Å². The highest BCUT2D eigenvalue weighted by atomic mass is 19.4. The lowest BCUT2D eigenvalue weighted by Crippen LogP contribution is -2.26. The lowest BCUT2D eigenvalue weighted by molar-refractivity contribution is -0.137. The number of nitrogens with one attached hydrogen (secondary N) is 1. The largest absolute Gasteiger partial charge is 0.416 e. The minimum Gasteiger partial charge on any atom is -0.331 e. The summed E-state index contributed by atoms with van der Waals surface area (Å²) in [7, 11) is 2.07. The van der Waals surface area contributed by atoms with E-state index in [0.29, 0.717) is 16.9 Å². The molecule has 3 aromatic rings. The van der Waals surface area contributed by atoms with Gasteiger partial charge in [-0.1, -0.05) is 18.2 Å². The molecule has 1 aliphatic heterocycles. The molecule has 2 heterocycles. The molecule has 1 aliphatic rings. The Morgan fingerprint density at radius 1 is 1.17 bits per heavy atom. The molecule has 0 unspecified atom stereocenters. The number of carbonyl (C=O) groups excluding carboxylic acids is 1. The number of benzene rings is 2. The van der Waals surface area contributed by atoms with Crippen LogP contribution in [-0.2, 0) is 25.7 Å². The predicted molar refractivity (Wildman–Crippen MR) is 107 cm³/mol. The normalized spacial score (nSPS) is 14.4. The van der Waals surface area contributed by atoms with Crippen LogP contribution in [0, 0.1) is 0 Å². The highest BCUT2D eigenvalue weighted by Gasteiger charge is 2.30. The quantitative estimate of drug-likeness (QED) is 0.697. The molecule has 30 heavy (non-hydrogen) atoms. The fourth-order valence-electron chi connectivity index (χ4n) is 3.59. The Morgan fingerprint density at radius 2 is 2.00 bits per heavy atom. The van der Waals surface area contributed by atoms with Gasteiger partial charge in [-0.3, -0.25) is 4.79 Å². The molecule has 1 N–H and O–H groups in total. The van der Waals surface area contributed by atoms with E-state index >= 15 is 0 Å². The van der Waals surface area contributed by atoms with Crippen LogP contribution in [0.1, 0.15) is 32.6 Å². The third-order valence-corrected chi connectivity index (χ3v) is 5.17. The van der Waals surface area contributed by atoms with Crippen molar-refractivity contribution in [1.82, 2.24) is 14.5 Å². The molecule has 0 radical (unpaired) electrons. The van der Waals surface area contributed by atoms with Gasteiger partial charge in [-0.15, -0.1) is 0 Å². The SMILES string of the molecule is CN1CCc2cc(C(=O)Nc3cn(Cc4cccc(C(F)(F)F)c4)cn3)ccc2C1. The lowest BCUT2D eigenvalue weighted by atomic mass is 9.97. The Bertz CT molecular complexity index is 1070. The van der Waals surface area contributed by atoms with Crippen LogP contribution in [0.15, 0.2) is 55.0 Å². The van der Waals surface area contributed by atoms with Crippen molar-refractivity contribution in [3.05, 3.63) is 82.8 Å². The van der Waals surface area contributed by atoms with Crippen LogP contribution in [0.4, 0.5) is 19.0 Å². The highest BCUT2D eigenvalue weighted by Crippen LogP contribution is 2.29. The third kappa shape index (κ3) is 4.54. The molecular formula is C22H21F3N4O. The number of imidazole rings is 1. The van der Waals surface area contributed by atoms with Crippen molar-refractivity contribution in [3.8, 4) is 0 Å². The van der Waals surface area contributed by atoms with E-state index in [9.17, 15) is 18.0 Å². The first-order chi connectivity index (χ1) is 14.3. The molecule has 8 heteroatoms. The molecule has 0 saturated carbocycles. The molecular weight excluding hydrogens is 393 g/mol. The number of anilines is 1. The number of halogens is 3. The Morgan fingerprint density at radius 3 is 2.80 bits per heavy atom. The highest BCUT2D eigenvalue weighted by molar-refractivity contribution is 6.03. The molecule has 0 fully saturated rings. The number of rotatable bonds is 4. The molecule has 0 spiro atoms. The van der Waals surface area contributed by atoms with Gasteiger partial charge in [0.25, 0.3) is 5.91 Å². The van der Waals surface area contributed by atoms with Crippen LogP contribution in [0.2, 0.25) is 0 Å². The molecule has 5 nitrogen and oxygen atoms in total. The van der Waals surface area contributed by atoms with E-state index in [1.54, 1.807) is 22.9 Å². The standard InChI is InChI=1S/C22H21F3N4O/c1-28-8-7-16-10-17(5-6-18(16)12-28)21(30)27-20-13-29(14-26-20)11-15-3-2-4-19(9-15)22(23,24)25/h2-6,9-10,13-14H,7-8,11-12H2,1H3,(H,27,30). The number of nitrogens with zero attached hydrogens (tertiary/aromatic N) is 3. The second kappa shape index (κ2) is 7.95. The first kappa shape index (κ1) is 20.2. The zero-order chi connectivity index (χ0) is 21.3. The average Bonchev–Trinajstić information content (AvgIpc) is 3.13. The summed E-state index contributed by atoms with van der Waals surface area (Å²) in [6, 6.07) is 10.8. The second-order valence-electron chi connectivity index (χ2n) is 7.55. The lowest BCUT2D eigenvalue weighted by Gasteiger charge is -2.25. The van der Waals surface area contributed by atoms with Crippen molar-refractivity contribution in [2.24, 2.45) is 0 Å². The van der Waals surface area contributed by atoms with Gasteiger partial charge >= 0.3 is 6.18 Å². The number of hydrogen-bond donors (Lipinski definition) is 1. The summed E-state index contributed by atoms with van der Waals surface area (Å²) in [4.78, 5) is 19.0. The van der Waals surface area contributed by atoms with Gasteiger partial charge in [0.2, 0.25) is 0 Å². The molecule has 0 aliphatic carbocycles. The number of fused-ring (bicyclic) bond motifs is 1. The van der Waals surface area contributed by atoms with Crippen LogP contribution in [0.5, 0.6) is 0 Å². The van der Waals surface area contributed by atoms with Crippen LogP contribution in [-0.4, -0.2) is 34.0 Å². The Labute approximate surface area is 172 Å². The Hall–Kier alpha value is -3.13. The summed E-state index contributed by atoms with van der Waals surface area (Å²) in [5.74, 6) is 0.0884. The van der Waals surface area contributed by atoms with E-state index < -0.39 is 11.7 Å². The third-order valence-electron chi connectivity index (χ3n) is 5.17. The number of alkyl halides is 3. The molecule has 0 saturated heterocycles. The van der Waals surface area contributed by atoms with Gasteiger partial charge in [-0.05, 0) is 54.4 Å². The fraction of sp³-hybridized carbons (Fsp3) is 0.273. The van der Waals surface area contributed by atoms with E-state index in [2.05, 4.69) is 22.2 Å². The van der Waals surface area contributed by atoms with Crippen LogP contribution >= 0.6 is 0 Å². The zero-order valence-electron chi connectivity index (χ0n) is 16.4. The van der Waals surface area contributed by atoms with Gasteiger partial charge in [-0.25, -0.2) is 4.98 Å². The minimum atomic E-state index is -4.38. The first-order valence-corrected chi connectivity index (χ1v) is 9.57. The smallest absolute Gasteiger partial charge is 0.331 e. The summed E-state index contributed by atoms with van der Waals surface area (Å²) >= 11 is 0.